The molecule has 0 saturated heterocycles. The molecule has 0 spiro atoms. The van der Waals surface area contributed by atoms with Crippen LogP contribution in [0.5, 0.6) is 34.5 Å². The van der Waals surface area contributed by atoms with E-state index in [-0.39, 0.29) is 64.8 Å². The molecular weight excluding hydrogens is 865 g/mol. The SMILES string of the molecule is CCCCCCCCCCCCCc1ccc(Oc2cccc(O)c2)cc1S(=O)(=O)O.CCCCCCCCCCCCCc1ccc(Oc2cccc([O-])c2)cc1S(=O)(=O)[O-].[Ca+2]. The molecule has 63 heavy (non-hydrogen) atoms. The quantitative estimate of drug-likeness (QED) is 0.0291. The maximum absolute atomic E-state index is 11.9. The zero-order chi connectivity index (χ0) is 45.1. The predicted molar refractivity (Wildman–Crippen MR) is 251 cm³/mol. The molecule has 0 aromatic heterocycles. The Morgan fingerprint density at radius 2 is 0.841 bits per heavy atom. The third kappa shape index (κ3) is 24.3. The summed E-state index contributed by atoms with van der Waals surface area (Å²) in [6, 6.07) is 21.4. The monoisotopic (exact) mass is 934 g/mol. The molecule has 0 fully saturated rings. The minimum Gasteiger partial charge on any atom is -0.872 e. The number of phenolic OH excluding ortho intramolecular Hbond substituents is 1. The molecular formula is C50H70CaO10S2. The molecule has 4 aromatic rings. The van der Waals surface area contributed by atoms with Crippen LogP contribution in [-0.2, 0) is 33.1 Å². The number of hydrogen-bond acceptors (Lipinski definition) is 9. The fourth-order valence-corrected chi connectivity index (χ4v) is 8.92. The van der Waals surface area contributed by atoms with E-state index in [0.29, 0.717) is 41.2 Å². The van der Waals surface area contributed by atoms with Crippen molar-refractivity contribution >= 4 is 58.0 Å². The van der Waals surface area contributed by atoms with Gasteiger partial charge in [-0.2, -0.15) is 8.42 Å². The number of benzene rings is 4. The van der Waals surface area contributed by atoms with E-state index in [1.54, 1.807) is 48.5 Å². The summed E-state index contributed by atoms with van der Waals surface area (Å²) < 4.78 is 79.8. The molecule has 2 N–H and O–H groups in total. The molecule has 0 amide bonds. The van der Waals surface area contributed by atoms with Crippen molar-refractivity contribution in [2.75, 3.05) is 0 Å². The van der Waals surface area contributed by atoms with E-state index < -0.39 is 20.2 Å². The van der Waals surface area contributed by atoms with Gasteiger partial charge in [-0.1, -0.05) is 173 Å². The summed E-state index contributed by atoms with van der Waals surface area (Å²) in [5.74, 6) is 1.06. The van der Waals surface area contributed by atoms with Crippen LogP contribution in [0.4, 0.5) is 0 Å². The van der Waals surface area contributed by atoms with Crippen molar-refractivity contribution in [3.63, 3.8) is 0 Å². The molecule has 10 nitrogen and oxygen atoms in total. The van der Waals surface area contributed by atoms with Crippen LogP contribution in [-0.4, -0.2) is 68.8 Å². The molecule has 0 aliphatic heterocycles. The van der Waals surface area contributed by atoms with E-state index in [2.05, 4.69) is 13.8 Å². The molecule has 13 heteroatoms. The second kappa shape index (κ2) is 31.9. The van der Waals surface area contributed by atoms with Gasteiger partial charge in [0.15, 0.2) is 0 Å². The Balaban J connectivity index is 0.000000427. The van der Waals surface area contributed by atoms with Gasteiger partial charge in [0.2, 0.25) is 0 Å². The van der Waals surface area contributed by atoms with Crippen LogP contribution in [0.1, 0.15) is 166 Å². The fourth-order valence-electron chi connectivity index (χ4n) is 7.40. The second-order valence-corrected chi connectivity index (χ2v) is 19.0. The molecule has 0 aliphatic carbocycles. The number of phenols is 1. The Kier molecular flexibility index (Phi) is 28.5. The van der Waals surface area contributed by atoms with Gasteiger partial charge in [0.05, 0.1) is 4.90 Å². The average Bonchev–Trinajstić information content (AvgIpc) is 3.22. The molecule has 0 saturated carbocycles. The van der Waals surface area contributed by atoms with E-state index in [0.717, 1.165) is 38.5 Å². The Morgan fingerprint density at radius 1 is 0.476 bits per heavy atom. The van der Waals surface area contributed by atoms with E-state index in [1.807, 2.05) is 0 Å². The summed E-state index contributed by atoms with van der Waals surface area (Å²) in [4.78, 5) is -0.354. The minimum absolute atomic E-state index is 0. The fraction of sp³-hybridized carbons (Fsp3) is 0.520. The Morgan fingerprint density at radius 3 is 1.24 bits per heavy atom. The van der Waals surface area contributed by atoms with E-state index in [1.165, 1.54) is 139 Å². The van der Waals surface area contributed by atoms with Gasteiger partial charge in [-0.15, -0.1) is 5.75 Å². The van der Waals surface area contributed by atoms with Gasteiger partial charge in [0, 0.05) is 12.1 Å². The Labute approximate surface area is 408 Å². The van der Waals surface area contributed by atoms with Gasteiger partial charge in [-0.25, -0.2) is 8.42 Å². The van der Waals surface area contributed by atoms with Crippen molar-refractivity contribution in [2.24, 2.45) is 0 Å². The minimum atomic E-state index is -4.61. The molecule has 0 radical (unpaired) electrons. The van der Waals surface area contributed by atoms with Crippen molar-refractivity contribution in [2.45, 2.75) is 178 Å². The van der Waals surface area contributed by atoms with E-state index >= 15 is 0 Å². The first kappa shape index (κ1) is 56.3. The van der Waals surface area contributed by atoms with Crippen LogP contribution >= 0.6 is 0 Å². The van der Waals surface area contributed by atoms with Gasteiger partial charge in [0.25, 0.3) is 10.1 Å². The summed E-state index contributed by atoms with van der Waals surface area (Å²) in [5, 5.41) is 21.0. The van der Waals surface area contributed by atoms with Crippen molar-refractivity contribution in [1.82, 2.24) is 0 Å². The zero-order valence-corrected chi connectivity index (χ0v) is 41.6. The molecule has 344 valence electrons. The molecule has 0 heterocycles. The van der Waals surface area contributed by atoms with Crippen LogP contribution in [0, 0.1) is 0 Å². The number of hydrogen-bond donors (Lipinski definition) is 2. The molecule has 4 aromatic carbocycles. The van der Waals surface area contributed by atoms with Crippen LogP contribution in [0.2, 0.25) is 0 Å². The van der Waals surface area contributed by atoms with Crippen molar-refractivity contribution in [3.8, 4) is 34.5 Å². The van der Waals surface area contributed by atoms with Gasteiger partial charge in [0.1, 0.15) is 43.8 Å². The normalized spacial score (nSPS) is 11.4. The van der Waals surface area contributed by atoms with Gasteiger partial charge in [-0.3, -0.25) is 4.55 Å². The largest absolute Gasteiger partial charge is 2.00 e. The summed E-state index contributed by atoms with van der Waals surface area (Å²) in [5.41, 5.74) is 1.12. The van der Waals surface area contributed by atoms with E-state index in [4.69, 9.17) is 9.47 Å². The van der Waals surface area contributed by atoms with Crippen LogP contribution in [0.25, 0.3) is 0 Å². The zero-order valence-electron chi connectivity index (χ0n) is 37.7. The smallest absolute Gasteiger partial charge is 0.872 e. The van der Waals surface area contributed by atoms with Crippen LogP contribution < -0.4 is 14.6 Å². The van der Waals surface area contributed by atoms with Crippen LogP contribution in [0.15, 0.2) is 94.7 Å². The van der Waals surface area contributed by atoms with Gasteiger partial charge < -0.3 is 24.2 Å². The van der Waals surface area contributed by atoms with Gasteiger partial charge >= 0.3 is 37.7 Å². The van der Waals surface area contributed by atoms with Crippen molar-refractivity contribution in [1.29, 1.82) is 0 Å². The summed E-state index contributed by atoms with van der Waals surface area (Å²) in [6.07, 6.45) is 28.0. The number of unbranched alkanes of at least 4 members (excludes halogenated alkanes) is 20. The maximum Gasteiger partial charge on any atom is 2.00 e. The summed E-state index contributed by atoms with van der Waals surface area (Å²) in [7, 11) is -8.96. The number of aryl methyl sites for hydroxylation is 2. The maximum atomic E-state index is 11.9. The molecule has 0 bridgehead atoms. The first-order valence-corrected chi connectivity index (χ1v) is 25.8. The van der Waals surface area contributed by atoms with Gasteiger partial charge in [-0.05, 0) is 79.3 Å². The number of ether oxygens (including phenoxy) is 2. The topological polar surface area (TPSA) is 173 Å². The molecule has 4 rings (SSSR count). The van der Waals surface area contributed by atoms with Crippen LogP contribution in [0.3, 0.4) is 0 Å². The predicted octanol–water partition coefficient (Wildman–Crippen LogP) is 13.2. The number of aromatic hydroxyl groups is 1. The van der Waals surface area contributed by atoms with Crippen molar-refractivity contribution in [3.05, 3.63) is 96.1 Å². The average molecular weight is 935 g/mol. The molecule has 0 unspecified atom stereocenters. The first-order valence-electron chi connectivity index (χ1n) is 22.9. The third-order valence-corrected chi connectivity index (χ3v) is 12.7. The summed E-state index contributed by atoms with van der Waals surface area (Å²) >= 11 is 0. The van der Waals surface area contributed by atoms with Crippen molar-refractivity contribution < 1.29 is 45.6 Å². The molecule has 0 atom stereocenters. The second-order valence-electron chi connectivity index (χ2n) is 16.2. The Bertz CT molecular complexity index is 1940. The number of rotatable bonds is 30. The first-order chi connectivity index (χ1) is 29.8. The standard InChI is InChI=1S/2C25H36O5S.Ca/c2*1-2-3-4-5-6-7-8-9-10-11-12-14-21-17-18-24(20-25(21)31(27,28)29)30-23-16-13-15-22(26)19-23;/h2*13,15-20,26H,2-12,14H2,1H3,(H,27,28,29);/q;;+2/p-2. The Hall–Kier alpha value is -2.84. The summed E-state index contributed by atoms with van der Waals surface area (Å²) in [6.45, 7) is 4.46. The molecule has 0 aliphatic rings. The third-order valence-electron chi connectivity index (χ3n) is 10.8. The van der Waals surface area contributed by atoms with E-state index in [9.17, 15) is 36.2 Å².